The molecule has 0 bridgehead atoms. The number of carbonyl (C=O) groups excluding carboxylic acids is 1. The Kier molecular flexibility index (Phi) is 5.84. The van der Waals surface area contributed by atoms with Gasteiger partial charge in [0, 0.05) is 41.6 Å². The average molecular weight is 391 g/mol. The number of carbonyl (C=O) groups is 1. The minimum absolute atomic E-state index is 0.104. The topological polar surface area (TPSA) is 66.0 Å². The largest absolute Gasteiger partial charge is 0.340 e. The van der Waals surface area contributed by atoms with Crippen molar-refractivity contribution in [2.75, 3.05) is 0 Å². The van der Waals surface area contributed by atoms with Crippen LogP contribution >= 0.6 is 0 Å². The van der Waals surface area contributed by atoms with Gasteiger partial charge in [-0.25, -0.2) is 0 Å². The van der Waals surface area contributed by atoms with Crippen molar-refractivity contribution in [3.63, 3.8) is 0 Å². The summed E-state index contributed by atoms with van der Waals surface area (Å²) < 4.78 is 0. The Hall–Kier alpha value is -2.42. The van der Waals surface area contributed by atoms with Crippen LogP contribution in [0.3, 0.4) is 0 Å². The molecule has 2 heterocycles. The third-order valence-electron chi connectivity index (χ3n) is 6.37. The second-order valence-electron chi connectivity index (χ2n) is 8.59. The number of hydrazine groups is 1. The van der Waals surface area contributed by atoms with Crippen molar-refractivity contribution in [1.82, 2.24) is 21.2 Å². The van der Waals surface area contributed by atoms with Gasteiger partial charge in [-0.1, -0.05) is 49.3 Å². The van der Waals surface area contributed by atoms with E-state index >= 15 is 0 Å². The zero-order chi connectivity index (χ0) is 20.3. The molecule has 1 saturated carbocycles. The monoisotopic (exact) mass is 390 g/mol. The fraction of sp³-hybridized carbons (Fsp3) is 0.500. The second-order valence-corrected chi connectivity index (χ2v) is 8.59. The van der Waals surface area contributed by atoms with E-state index in [-0.39, 0.29) is 23.9 Å². The van der Waals surface area contributed by atoms with Crippen molar-refractivity contribution in [2.24, 2.45) is 5.92 Å². The van der Waals surface area contributed by atoms with Crippen LogP contribution in [0, 0.1) is 17.8 Å². The molecule has 152 valence electrons. The predicted molar refractivity (Wildman–Crippen MR) is 116 cm³/mol. The lowest BCUT2D eigenvalue weighted by atomic mass is 9.81. The Morgan fingerprint density at radius 2 is 1.90 bits per heavy atom. The van der Waals surface area contributed by atoms with Crippen LogP contribution < -0.4 is 16.2 Å². The first-order valence-corrected chi connectivity index (χ1v) is 10.7. The van der Waals surface area contributed by atoms with E-state index in [1.165, 1.54) is 6.42 Å². The van der Waals surface area contributed by atoms with E-state index in [0.717, 1.165) is 42.1 Å². The number of nitrogens with zero attached hydrogens (tertiary/aromatic N) is 1. The summed E-state index contributed by atoms with van der Waals surface area (Å²) >= 11 is 0. The zero-order valence-corrected chi connectivity index (χ0v) is 17.3. The first kappa shape index (κ1) is 19.9. The molecule has 1 aromatic heterocycles. The molecule has 2 aliphatic rings. The van der Waals surface area contributed by atoms with Crippen LogP contribution in [0.25, 0.3) is 10.9 Å². The Labute approximate surface area is 173 Å². The highest BCUT2D eigenvalue weighted by Gasteiger charge is 2.35. The summed E-state index contributed by atoms with van der Waals surface area (Å²) in [6.07, 6.45) is 7.59. The van der Waals surface area contributed by atoms with Crippen molar-refractivity contribution in [3.8, 4) is 11.8 Å². The molecule has 1 amide bonds. The van der Waals surface area contributed by atoms with Gasteiger partial charge in [0.05, 0.1) is 5.52 Å². The molecule has 2 atom stereocenters. The normalized spacial score (nSPS) is 25.9. The summed E-state index contributed by atoms with van der Waals surface area (Å²) in [6.45, 7) is 4.24. The molecule has 2 unspecified atom stereocenters. The molecule has 2 fully saturated rings. The number of hydrogen-bond acceptors (Lipinski definition) is 4. The van der Waals surface area contributed by atoms with Crippen molar-refractivity contribution in [2.45, 2.75) is 70.0 Å². The Morgan fingerprint density at radius 1 is 1.17 bits per heavy atom. The lowest BCUT2D eigenvalue weighted by Gasteiger charge is -2.34. The Morgan fingerprint density at radius 3 is 2.66 bits per heavy atom. The van der Waals surface area contributed by atoms with Gasteiger partial charge in [0.2, 0.25) is 5.91 Å². The summed E-state index contributed by atoms with van der Waals surface area (Å²) in [5, 5.41) is 4.41. The number of amides is 1. The lowest BCUT2D eigenvalue weighted by Crippen LogP contribution is -2.49. The summed E-state index contributed by atoms with van der Waals surface area (Å²) in [5.41, 5.74) is 7.92. The number of para-hydroxylation sites is 1. The fourth-order valence-corrected chi connectivity index (χ4v) is 4.56. The molecule has 4 rings (SSSR count). The van der Waals surface area contributed by atoms with E-state index in [9.17, 15) is 4.79 Å². The fourth-order valence-electron chi connectivity index (χ4n) is 4.56. The van der Waals surface area contributed by atoms with Crippen LogP contribution in [-0.4, -0.2) is 28.5 Å². The Balaban J connectivity index is 1.52. The molecule has 29 heavy (non-hydrogen) atoms. The van der Waals surface area contributed by atoms with Crippen LogP contribution in [-0.2, 0) is 4.79 Å². The molecule has 2 aromatic rings. The molecule has 1 aromatic carbocycles. The number of fused-ring (bicyclic) bond motifs is 1. The van der Waals surface area contributed by atoms with Crippen LogP contribution in [0.4, 0.5) is 0 Å². The van der Waals surface area contributed by atoms with Gasteiger partial charge < -0.3 is 5.32 Å². The van der Waals surface area contributed by atoms with Gasteiger partial charge >= 0.3 is 0 Å². The standard InChI is InChI=1S/C24H30N4O/c1-17-21(18(2)28-27-17)15-23(29)26-24(11-6-3-7-12-24)13-10-19-14-20-8-4-5-9-22(20)25-16-19/h4-5,8-9,14,16-18,21,27-28H,3,6-7,11-12,15H2,1-2H3,(H,26,29). The lowest BCUT2D eigenvalue weighted by molar-refractivity contribution is -0.123. The first-order valence-electron chi connectivity index (χ1n) is 10.7. The molecule has 0 radical (unpaired) electrons. The minimum Gasteiger partial charge on any atom is -0.340 e. The molecule has 5 nitrogen and oxygen atoms in total. The summed E-state index contributed by atoms with van der Waals surface area (Å²) in [5.74, 6) is 7.14. The van der Waals surface area contributed by atoms with Crippen LogP contribution in [0.1, 0.15) is 57.9 Å². The van der Waals surface area contributed by atoms with E-state index < -0.39 is 5.54 Å². The third kappa shape index (κ3) is 4.60. The van der Waals surface area contributed by atoms with E-state index in [1.807, 2.05) is 24.4 Å². The molecule has 5 heteroatoms. The summed E-state index contributed by atoms with van der Waals surface area (Å²) in [6, 6.07) is 10.7. The van der Waals surface area contributed by atoms with Crippen LogP contribution in [0.15, 0.2) is 36.5 Å². The number of hydrogen-bond donors (Lipinski definition) is 3. The van der Waals surface area contributed by atoms with Gasteiger partial charge in [0.25, 0.3) is 0 Å². The number of benzene rings is 1. The number of rotatable bonds is 3. The highest BCUT2D eigenvalue weighted by molar-refractivity contribution is 5.80. The van der Waals surface area contributed by atoms with E-state index in [0.29, 0.717) is 6.42 Å². The van der Waals surface area contributed by atoms with Crippen molar-refractivity contribution >= 4 is 16.8 Å². The predicted octanol–water partition coefficient (Wildman–Crippen LogP) is 3.30. The highest BCUT2D eigenvalue weighted by atomic mass is 16.1. The quantitative estimate of drug-likeness (QED) is 0.704. The van der Waals surface area contributed by atoms with Gasteiger partial charge in [0.15, 0.2) is 0 Å². The van der Waals surface area contributed by atoms with Gasteiger partial charge in [-0.05, 0) is 38.8 Å². The summed E-state index contributed by atoms with van der Waals surface area (Å²) in [7, 11) is 0. The minimum atomic E-state index is -0.424. The summed E-state index contributed by atoms with van der Waals surface area (Å²) in [4.78, 5) is 17.4. The molecule has 1 aliphatic carbocycles. The van der Waals surface area contributed by atoms with E-state index in [1.54, 1.807) is 0 Å². The maximum Gasteiger partial charge on any atom is 0.221 e. The number of nitrogens with one attached hydrogen (secondary N) is 3. The molecular formula is C24H30N4O. The van der Waals surface area contributed by atoms with Crippen molar-refractivity contribution in [1.29, 1.82) is 0 Å². The first-order chi connectivity index (χ1) is 14.0. The van der Waals surface area contributed by atoms with E-state index in [4.69, 9.17) is 0 Å². The molecular weight excluding hydrogens is 360 g/mol. The maximum atomic E-state index is 12.9. The zero-order valence-electron chi connectivity index (χ0n) is 17.3. The average Bonchev–Trinajstić information content (AvgIpc) is 3.05. The second kappa shape index (κ2) is 8.52. The van der Waals surface area contributed by atoms with Crippen molar-refractivity contribution < 1.29 is 4.79 Å². The van der Waals surface area contributed by atoms with Gasteiger partial charge in [-0.2, -0.15) is 0 Å². The van der Waals surface area contributed by atoms with Gasteiger partial charge in [0.1, 0.15) is 5.54 Å². The van der Waals surface area contributed by atoms with Crippen LogP contribution in [0.2, 0.25) is 0 Å². The molecule has 0 spiro atoms. The third-order valence-corrected chi connectivity index (χ3v) is 6.37. The molecule has 3 N–H and O–H groups in total. The van der Waals surface area contributed by atoms with E-state index in [2.05, 4.69) is 59.0 Å². The smallest absolute Gasteiger partial charge is 0.221 e. The number of pyridine rings is 1. The maximum absolute atomic E-state index is 12.9. The SMILES string of the molecule is CC1NNC(C)C1CC(=O)NC1(C#Cc2cnc3ccccc3c2)CCCCC1. The Bertz CT molecular complexity index is 929. The van der Waals surface area contributed by atoms with Crippen molar-refractivity contribution in [3.05, 3.63) is 42.1 Å². The highest BCUT2D eigenvalue weighted by Crippen LogP contribution is 2.29. The molecule has 1 saturated heterocycles. The van der Waals surface area contributed by atoms with Gasteiger partial charge in [-0.3, -0.25) is 20.6 Å². The van der Waals surface area contributed by atoms with Crippen LogP contribution in [0.5, 0.6) is 0 Å². The van der Waals surface area contributed by atoms with Gasteiger partial charge in [-0.15, -0.1) is 0 Å². The number of aromatic nitrogens is 1. The molecule has 1 aliphatic heterocycles.